The maximum Gasteiger partial charge on any atom is 0.157 e. The molecule has 0 saturated heterocycles. The van der Waals surface area contributed by atoms with Crippen LogP contribution in [0.25, 0.3) is 0 Å². The third kappa shape index (κ3) is 4.27. The van der Waals surface area contributed by atoms with Crippen LogP contribution in [0.4, 0.5) is 0 Å². The van der Waals surface area contributed by atoms with Gasteiger partial charge >= 0.3 is 0 Å². The highest BCUT2D eigenvalue weighted by Gasteiger charge is 2.15. The first-order chi connectivity index (χ1) is 6.22. The molecular weight excluding hydrogens is 200 g/mol. The monoisotopic (exact) mass is 218 g/mol. The van der Waals surface area contributed by atoms with Crippen molar-refractivity contribution in [3.8, 4) is 0 Å². The summed E-state index contributed by atoms with van der Waals surface area (Å²) in [4.78, 5) is 4.43. The lowest BCUT2D eigenvalue weighted by Gasteiger charge is -2.13. The fourth-order valence-corrected chi connectivity index (χ4v) is 2.67. The molecule has 0 bridgehead atoms. The van der Waals surface area contributed by atoms with Gasteiger partial charge in [-0.2, -0.15) is 11.8 Å². The van der Waals surface area contributed by atoms with E-state index in [0.717, 1.165) is 11.7 Å². The summed E-state index contributed by atoms with van der Waals surface area (Å²) < 4.78 is 0. The van der Waals surface area contributed by atoms with Crippen LogP contribution in [0.15, 0.2) is 4.99 Å². The molecule has 0 radical (unpaired) electrons. The van der Waals surface area contributed by atoms with Crippen molar-refractivity contribution < 1.29 is 0 Å². The van der Waals surface area contributed by atoms with Crippen LogP contribution in [-0.2, 0) is 0 Å². The van der Waals surface area contributed by atoms with Gasteiger partial charge in [0.2, 0.25) is 0 Å². The molecule has 0 fully saturated rings. The lowest BCUT2D eigenvalue weighted by Crippen LogP contribution is -2.30. The van der Waals surface area contributed by atoms with Crippen LogP contribution >= 0.6 is 23.5 Å². The summed E-state index contributed by atoms with van der Waals surface area (Å²) in [5.41, 5.74) is 0. The van der Waals surface area contributed by atoms with E-state index in [1.807, 2.05) is 23.5 Å². The Morgan fingerprint density at radius 1 is 1.77 bits per heavy atom. The highest BCUT2D eigenvalue weighted by molar-refractivity contribution is 8.14. The Hall–Kier alpha value is 0.170. The second kappa shape index (κ2) is 5.81. The van der Waals surface area contributed by atoms with Crippen molar-refractivity contribution in [2.24, 2.45) is 4.99 Å². The van der Waals surface area contributed by atoms with E-state index in [9.17, 15) is 0 Å². The summed E-state index contributed by atoms with van der Waals surface area (Å²) >= 11 is 3.76. The number of nitrogens with one attached hydrogen (secondary N) is 1. The van der Waals surface area contributed by atoms with E-state index in [1.165, 1.54) is 12.2 Å². The minimum absolute atomic E-state index is 0.559. The average molecular weight is 218 g/mol. The molecule has 0 spiro atoms. The van der Waals surface area contributed by atoms with E-state index in [4.69, 9.17) is 0 Å². The van der Waals surface area contributed by atoms with Crippen LogP contribution in [0.5, 0.6) is 0 Å². The number of hydrogen-bond acceptors (Lipinski definition) is 4. The van der Waals surface area contributed by atoms with Crippen LogP contribution < -0.4 is 5.32 Å². The molecule has 0 aromatic rings. The topological polar surface area (TPSA) is 24.4 Å². The van der Waals surface area contributed by atoms with Crippen molar-refractivity contribution in [2.75, 3.05) is 18.6 Å². The molecule has 1 N–H and O–H groups in total. The molecule has 0 aromatic carbocycles. The van der Waals surface area contributed by atoms with Gasteiger partial charge in [0.1, 0.15) is 0 Å². The van der Waals surface area contributed by atoms with Crippen molar-refractivity contribution in [3.63, 3.8) is 0 Å². The summed E-state index contributed by atoms with van der Waals surface area (Å²) in [6, 6.07) is 0.559. The lowest BCUT2D eigenvalue weighted by atomic mass is 10.3. The van der Waals surface area contributed by atoms with Crippen molar-refractivity contribution >= 4 is 28.7 Å². The first kappa shape index (κ1) is 11.2. The van der Waals surface area contributed by atoms with Gasteiger partial charge in [-0.05, 0) is 25.4 Å². The van der Waals surface area contributed by atoms with Gasteiger partial charge < -0.3 is 5.32 Å². The average Bonchev–Trinajstić information content (AvgIpc) is 2.48. The minimum Gasteiger partial charge on any atom is -0.362 e. The zero-order valence-electron chi connectivity index (χ0n) is 8.54. The smallest absolute Gasteiger partial charge is 0.157 e. The molecule has 13 heavy (non-hydrogen) atoms. The summed E-state index contributed by atoms with van der Waals surface area (Å²) in [6.45, 7) is 5.42. The van der Waals surface area contributed by atoms with Crippen LogP contribution in [0.1, 0.15) is 20.3 Å². The van der Waals surface area contributed by atoms with E-state index < -0.39 is 0 Å². The zero-order valence-corrected chi connectivity index (χ0v) is 10.2. The number of nitrogens with zero attached hydrogens (tertiary/aromatic N) is 1. The van der Waals surface area contributed by atoms with Gasteiger partial charge in [0.15, 0.2) is 5.17 Å². The largest absolute Gasteiger partial charge is 0.362 e. The molecule has 1 rings (SSSR count). The zero-order chi connectivity index (χ0) is 9.68. The first-order valence-electron chi connectivity index (χ1n) is 4.69. The summed E-state index contributed by atoms with van der Waals surface area (Å²) in [5.74, 6) is 1.22. The molecule has 2 unspecified atom stereocenters. The minimum atomic E-state index is 0.559. The third-order valence-corrected chi connectivity index (χ3v) is 3.60. The Kier molecular flexibility index (Phi) is 5.02. The second-order valence-corrected chi connectivity index (χ2v) is 5.81. The molecule has 1 heterocycles. The van der Waals surface area contributed by atoms with E-state index in [2.05, 4.69) is 30.4 Å². The van der Waals surface area contributed by atoms with Crippen molar-refractivity contribution in [1.82, 2.24) is 5.32 Å². The molecule has 0 aromatic heterocycles. The van der Waals surface area contributed by atoms with Gasteiger partial charge in [0, 0.05) is 11.3 Å². The quantitative estimate of drug-likeness (QED) is 0.783. The summed E-state index contributed by atoms with van der Waals surface area (Å²) in [5, 5.41) is 5.25. The van der Waals surface area contributed by atoms with Crippen molar-refractivity contribution in [3.05, 3.63) is 0 Å². The molecule has 0 saturated carbocycles. The predicted molar refractivity (Wildman–Crippen MR) is 65.0 cm³/mol. The van der Waals surface area contributed by atoms with Crippen molar-refractivity contribution in [1.29, 1.82) is 0 Å². The van der Waals surface area contributed by atoms with Crippen LogP contribution in [0, 0.1) is 0 Å². The van der Waals surface area contributed by atoms with Crippen LogP contribution in [0.3, 0.4) is 0 Å². The van der Waals surface area contributed by atoms with E-state index >= 15 is 0 Å². The number of hydrogen-bond donors (Lipinski definition) is 1. The number of amidine groups is 1. The molecule has 2 nitrogen and oxygen atoms in total. The second-order valence-electron chi connectivity index (χ2n) is 3.40. The highest BCUT2D eigenvalue weighted by atomic mass is 32.2. The number of rotatable bonds is 4. The van der Waals surface area contributed by atoms with E-state index in [1.54, 1.807) is 0 Å². The van der Waals surface area contributed by atoms with Crippen molar-refractivity contribution in [2.45, 2.75) is 31.6 Å². The molecular formula is C9H18N2S2. The SMILES string of the molecule is CSCCC(C)NC1=NCC(C)S1. The number of thioether (sulfide) groups is 2. The molecule has 0 aliphatic carbocycles. The highest BCUT2D eigenvalue weighted by Crippen LogP contribution is 2.19. The summed E-state index contributed by atoms with van der Waals surface area (Å²) in [6.07, 6.45) is 3.37. The van der Waals surface area contributed by atoms with Crippen LogP contribution in [-0.4, -0.2) is 35.0 Å². The van der Waals surface area contributed by atoms with Gasteiger partial charge in [-0.25, -0.2) is 0 Å². The van der Waals surface area contributed by atoms with Gasteiger partial charge in [-0.3, -0.25) is 4.99 Å². The first-order valence-corrected chi connectivity index (χ1v) is 6.96. The fourth-order valence-electron chi connectivity index (χ4n) is 1.13. The molecule has 4 heteroatoms. The normalized spacial score (nSPS) is 24.2. The Balaban J connectivity index is 2.17. The lowest BCUT2D eigenvalue weighted by molar-refractivity contribution is 0.652. The maximum atomic E-state index is 4.43. The molecule has 0 amide bonds. The van der Waals surface area contributed by atoms with E-state index in [0.29, 0.717) is 11.3 Å². The summed E-state index contributed by atoms with van der Waals surface area (Å²) in [7, 11) is 0. The standard InChI is InChI=1S/C9H18N2S2/c1-7(4-5-12-3)11-9-10-6-8(2)13-9/h7-8H,4-6H2,1-3H3,(H,10,11). The predicted octanol–water partition coefficient (Wildman–Crippen LogP) is 2.21. The van der Waals surface area contributed by atoms with Gasteiger partial charge in [-0.15, -0.1) is 0 Å². The Morgan fingerprint density at radius 3 is 3.08 bits per heavy atom. The van der Waals surface area contributed by atoms with Crippen LogP contribution in [0.2, 0.25) is 0 Å². The maximum absolute atomic E-state index is 4.43. The Labute approximate surface area is 89.3 Å². The fraction of sp³-hybridized carbons (Fsp3) is 0.889. The van der Waals surface area contributed by atoms with Gasteiger partial charge in [0.25, 0.3) is 0 Å². The third-order valence-electron chi connectivity index (χ3n) is 1.93. The Morgan fingerprint density at radius 2 is 2.54 bits per heavy atom. The molecule has 2 atom stereocenters. The van der Waals surface area contributed by atoms with E-state index in [-0.39, 0.29) is 0 Å². The van der Waals surface area contributed by atoms with Gasteiger partial charge in [0.05, 0.1) is 6.54 Å². The Bertz CT molecular complexity index is 182. The molecule has 76 valence electrons. The number of aliphatic imine (C=N–C) groups is 1. The van der Waals surface area contributed by atoms with Gasteiger partial charge in [-0.1, -0.05) is 18.7 Å². The molecule has 1 aliphatic heterocycles. The molecule has 1 aliphatic rings.